The molecular weight excluding hydrogens is 451 g/mol. The fraction of sp³-hybridized carbons (Fsp3) is 0.0952. The van der Waals surface area contributed by atoms with Crippen molar-refractivity contribution in [2.45, 2.75) is 13.0 Å². The molecule has 0 aliphatic rings. The van der Waals surface area contributed by atoms with Crippen molar-refractivity contribution in [2.24, 2.45) is 0 Å². The smallest absolute Gasteiger partial charge is 0.335 e. The Morgan fingerprint density at radius 1 is 1.03 bits per heavy atom. The molecule has 0 unspecified atom stereocenters. The molecule has 2 N–H and O–H groups in total. The van der Waals surface area contributed by atoms with E-state index in [1.165, 1.54) is 30.5 Å². The second-order valence-corrected chi connectivity index (χ2v) is 7.59. The van der Waals surface area contributed by atoms with Crippen LogP contribution in [0.3, 0.4) is 0 Å². The zero-order valence-electron chi connectivity index (χ0n) is 15.5. The van der Waals surface area contributed by atoms with Crippen molar-refractivity contribution < 1.29 is 19.4 Å². The fourth-order valence-electron chi connectivity index (χ4n) is 2.60. The van der Waals surface area contributed by atoms with E-state index in [0.29, 0.717) is 5.02 Å². The Hall–Kier alpha value is -2.80. The predicted octanol–water partition coefficient (Wildman–Crippen LogP) is 6.02. The number of hydrogen-bond acceptors (Lipinski definition) is 4. The van der Waals surface area contributed by atoms with Crippen molar-refractivity contribution in [1.82, 2.24) is 10.3 Å². The van der Waals surface area contributed by atoms with Crippen LogP contribution in [0.15, 0.2) is 54.7 Å². The third-order valence-corrected chi connectivity index (χ3v) is 4.91. The van der Waals surface area contributed by atoms with Crippen LogP contribution in [0, 0.1) is 0 Å². The van der Waals surface area contributed by atoms with Crippen LogP contribution in [0.4, 0.5) is 0 Å². The number of pyridine rings is 1. The molecule has 3 aromatic rings. The number of nitrogens with zero attached hydrogens (tertiary/aromatic N) is 1. The quantitative estimate of drug-likeness (QED) is 0.464. The summed E-state index contributed by atoms with van der Waals surface area (Å²) in [4.78, 5) is 28.0. The van der Waals surface area contributed by atoms with Gasteiger partial charge < -0.3 is 15.2 Å². The molecule has 0 fully saturated rings. The van der Waals surface area contributed by atoms with Crippen molar-refractivity contribution in [3.63, 3.8) is 0 Å². The van der Waals surface area contributed by atoms with Crippen LogP contribution >= 0.6 is 34.8 Å². The number of amides is 1. The number of carboxylic acid groups (broad SMARTS) is 1. The van der Waals surface area contributed by atoms with E-state index in [-0.39, 0.29) is 32.8 Å². The molecule has 0 spiro atoms. The Balaban J connectivity index is 1.82. The van der Waals surface area contributed by atoms with E-state index < -0.39 is 17.9 Å². The number of carbonyl (C=O) groups is 2. The van der Waals surface area contributed by atoms with Gasteiger partial charge in [-0.25, -0.2) is 9.78 Å². The van der Waals surface area contributed by atoms with Gasteiger partial charge >= 0.3 is 5.97 Å². The summed E-state index contributed by atoms with van der Waals surface area (Å²) in [6.07, 6.45) is 1.35. The highest BCUT2D eigenvalue weighted by atomic mass is 35.5. The van der Waals surface area contributed by atoms with Gasteiger partial charge in [0.25, 0.3) is 5.91 Å². The molecule has 6 nitrogen and oxygen atoms in total. The predicted molar refractivity (Wildman–Crippen MR) is 115 cm³/mol. The highest BCUT2D eigenvalue weighted by Crippen LogP contribution is 2.33. The number of carboxylic acids is 1. The lowest BCUT2D eigenvalue weighted by atomic mass is 10.1. The Kier molecular flexibility index (Phi) is 6.82. The van der Waals surface area contributed by atoms with Gasteiger partial charge in [-0.3, -0.25) is 4.79 Å². The maximum atomic E-state index is 12.9. The molecule has 1 heterocycles. The van der Waals surface area contributed by atoms with Gasteiger partial charge in [0.2, 0.25) is 5.88 Å². The number of hydrogen-bond donors (Lipinski definition) is 2. The summed E-state index contributed by atoms with van der Waals surface area (Å²) in [6, 6.07) is 11.9. The molecule has 0 aliphatic heterocycles. The highest BCUT2D eigenvalue weighted by Gasteiger charge is 2.19. The first-order valence-corrected chi connectivity index (χ1v) is 9.80. The Morgan fingerprint density at radius 2 is 1.73 bits per heavy atom. The van der Waals surface area contributed by atoms with E-state index in [4.69, 9.17) is 44.6 Å². The first-order chi connectivity index (χ1) is 14.2. The molecule has 3 rings (SSSR count). The number of aromatic nitrogens is 1. The van der Waals surface area contributed by atoms with Crippen LogP contribution in [0.25, 0.3) is 0 Å². The lowest BCUT2D eigenvalue weighted by Gasteiger charge is -2.16. The SMILES string of the molecule is C[C@H](NC(=O)c1cc(Cl)cnc1Oc1ccc(Cl)cc1Cl)c1ccc(C(=O)O)cc1. The lowest BCUT2D eigenvalue weighted by Crippen LogP contribution is -2.27. The second-order valence-electron chi connectivity index (χ2n) is 6.31. The van der Waals surface area contributed by atoms with Crippen molar-refractivity contribution in [1.29, 1.82) is 0 Å². The first kappa shape index (κ1) is 21.9. The number of carbonyl (C=O) groups excluding carboxylic acids is 1. The standard InChI is InChI=1S/C21H15Cl3N2O4/c1-11(12-2-4-13(5-3-12)21(28)29)26-19(27)16-8-15(23)10-25-20(16)30-18-7-6-14(22)9-17(18)24/h2-11H,1H3,(H,26,27)(H,28,29)/t11-/m0/s1. The van der Waals surface area contributed by atoms with Crippen LogP contribution in [0.5, 0.6) is 11.6 Å². The van der Waals surface area contributed by atoms with Crippen LogP contribution in [0.2, 0.25) is 15.1 Å². The van der Waals surface area contributed by atoms with Gasteiger partial charge in [-0.05, 0) is 48.9 Å². The van der Waals surface area contributed by atoms with Gasteiger partial charge in [-0.15, -0.1) is 0 Å². The first-order valence-electron chi connectivity index (χ1n) is 8.67. The summed E-state index contributed by atoms with van der Waals surface area (Å²) >= 11 is 18.1. The molecule has 0 aliphatic carbocycles. The molecular formula is C21H15Cl3N2O4. The number of rotatable bonds is 6. The molecule has 30 heavy (non-hydrogen) atoms. The minimum Gasteiger partial charge on any atom is -0.478 e. The highest BCUT2D eigenvalue weighted by molar-refractivity contribution is 6.35. The molecule has 2 aromatic carbocycles. The third kappa shape index (κ3) is 5.21. The summed E-state index contributed by atoms with van der Waals surface area (Å²) in [5, 5.41) is 12.8. The Labute approximate surface area is 187 Å². The van der Waals surface area contributed by atoms with E-state index in [1.54, 1.807) is 31.2 Å². The lowest BCUT2D eigenvalue weighted by molar-refractivity contribution is 0.0696. The zero-order valence-corrected chi connectivity index (χ0v) is 17.8. The van der Waals surface area contributed by atoms with Crippen molar-refractivity contribution >= 4 is 46.7 Å². The van der Waals surface area contributed by atoms with Gasteiger partial charge in [0.05, 0.1) is 21.7 Å². The van der Waals surface area contributed by atoms with Gasteiger partial charge in [-0.2, -0.15) is 0 Å². The molecule has 154 valence electrons. The summed E-state index contributed by atoms with van der Waals surface area (Å²) in [6.45, 7) is 1.77. The maximum Gasteiger partial charge on any atom is 0.335 e. The average Bonchev–Trinajstić information content (AvgIpc) is 2.71. The summed E-state index contributed by atoms with van der Waals surface area (Å²) in [7, 11) is 0. The minimum absolute atomic E-state index is 0.0227. The largest absolute Gasteiger partial charge is 0.478 e. The molecule has 0 saturated heterocycles. The summed E-state index contributed by atoms with van der Waals surface area (Å²) in [5.74, 6) is -1.19. The number of benzene rings is 2. The van der Waals surface area contributed by atoms with Gasteiger partial charge in [0, 0.05) is 11.2 Å². The summed E-state index contributed by atoms with van der Waals surface area (Å²) < 4.78 is 5.71. The van der Waals surface area contributed by atoms with E-state index in [9.17, 15) is 9.59 Å². The maximum absolute atomic E-state index is 12.9. The van der Waals surface area contributed by atoms with Gasteiger partial charge in [-0.1, -0.05) is 46.9 Å². The van der Waals surface area contributed by atoms with Gasteiger partial charge in [0.15, 0.2) is 0 Å². The van der Waals surface area contributed by atoms with Crippen molar-refractivity contribution in [2.75, 3.05) is 0 Å². The monoisotopic (exact) mass is 464 g/mol. The Morgan fingerprint density at radius 3 is 2.37 bits per heavy atom. The minimum atomic E-state index is -1.02. The molecule has 1 aromatic heterocycles. The third-order valence-electron chi connectivity index (χ3n) is 4.17. The number of aromatic carboxylic acids is 1. The molecule has 1 amide bonds. The fourth-order valence-corrected chi connectivity index (χ4v) is 3.21. The summed E-state index contributed by atoms with van der Waals surface area (Å²) in [5.41, 5.74) is 1.00. The van der Waals surface area contributed by atoms with E-state index >= 15 is 0 Å². The molecule has 0 radical (unpaired) electrons. The van der Waals surface area contributed by atoms with Crippen LogP contribution in [0.1, 0.15) is 39.2 Å². The van der Waals surface area contributed by atoms with E-state index in [1.807, 2.05) is 0 Å². The number of ether oxygens (including phenoxy) is 1. The molecule has 9 heteroatoms. The normalized spacial score (nSPS) is 11.6. The van der Waals surface area contributed by atoms with E-state index in [0.717, 1.165) is 5.56 Å². The van der Waals surface area contributed by atoms with Crippen LogP contribution in [-0.4, -0.2) is 22.0 Å². The van der Waals surface area contributed by atoms with Crippen LogP contribution in [-0.2, 0) is 0 Å². The second kappa shape index (κ2) is 9.34. The number of halogens is 3. The zero-order chi connectivity index (χ0) is 21.8. The van der Waals surface area contributed by atoms with E-state index in [2.05, 4.69) is 10.3 Å². The average molecular weight is 466 g/mol. The topological polar surface area (TPSA) is 88.5 Å². The molecule has 0 bridgehead atoms. The number of nitrogens with one attached hydrogen (secondary N) is 1. The molecule has 0 saturated carbocycles. The van der Waals surface area contributed by atoms with Crippen LogP contribution < -0.4 is 10.1 Å². The van der Waals surface area contributed by atoms with Crippen molar-refractivity contribution in [3.8, 4) is 11.6 Å². The van der Waals surface area contributed by atoms with Gasteiger partial charge in [0.1, 0.15) is 11.3 Å². The molecule has 1 atom stereocenters. The Bertz CT molecular complexity index is 1100. The van der Waals surface area contributed by atoms with Crippen molar-refractivity contribution in [3.05, 3.63) is 86.5 Å².